The molecule has 0 bridgehead atoms. The van der Waals surface area contributed by atoms with Gasteiger partial charge in [-0.2, -0.15) is 0 Å². The number of benzene rings is 2. The summed E-state index contributed by atoms with van der Waals surface area (Å²) in [5, 5.41) is -0.0730. The first-order chi connectivity index (χ1) is 10.0. The fourth-order valence-corrected chi connectivity index (χ4v) is 2.16. The summed E-state index contributed by atoms with van der Waals surface area (Å²) in [6.07, 6.45) is 1.65. The van der Waals surface area contributed by atoms with Gasteiger partial charge in [-0.1, -0.05) is 17.7 Å². The molecular weight excluding hydrogens is 298 g/mol. The van der Waals surface area contributed by atoms with Gasteiger partial charge in [0.15, 0.2) is 0 Å². The quantitative estimate of drug-likeness (QED) is 0.612. The minimum atomic E-state index is -0.559. The van der Waals surface area contributed by atoms with Crippen LogP contribution in [0.5, 0.6) is 5.75 Å². The van der Waals surface area contributed by atoms with Gasteiger partial charge in [-0.25, -0.2) is 8.78 Å². The van der Waals surface area contributed by atoms with E-state index in [1.807, 2.05) is 0 Å². The molecule has 0 atom stereocenters. The molecule has 1 saturated carbocycles. The zero-order valence-corrected chi connectivity index (χ0v) is 11.7. The monoisotopic (exact) mass is 308 g/mol. The third-order valence-electron chi connectivity index (χ3n) is 3.30. The predicted octanol–water partition coefficient (Wildman–Crippen LogP) is 4.60. The summed E-state index contributed by atoms with van der Waals surface area (Å²) in [5.41, 5.74) is 0.724. The molecular formula is C16H11ClF2O2. The lowest BCUT2D eigenvalue weighted by atomic mass is 10.0. The van der Waals surface area contributed by atoms with Gasteiger partial charge in [0, 0.05) is 11.6 Å². The first-order valence-corrected chi connectivity index (χ1v) is 6.89. The van der Waals surface area contributed by atoms with Gasteiger partial charge in [0.05, 0.1) is 10.9 Å². The molecule has 2 aromatic rings. The van der Waals surface area contributed by atoms with Crippen molar-refractivity contribution in [3.05, 3.63) is 53.1 Å². The van der Waals surface area contributed by atoms with E-state index >= 15 is 0 Å². The van der Waals surface area contributed by atoms with Gasteiger partial charge in [-0.15, -0.1) is 0 Å². The van der Waals surface area contributed by atoms with Gasteiger partial charge < -0.3 is 4.74 Å². The molecule has 2 nitrogen and oxygen atoms in total. The molecule has 0 saturated heterocycles. The van der Waals surface area contributed by atoms with Crippen molar-refractivity contribution in [3.63, 3.8) is 0 Å². The van der Waals surface area contributed by atoms with Crippen molar-refractivity contribution in [1.29, 1.82) is 0 Å². The first-order valence-electron chi connectivity index (χ1n) is 6.51. The van der Waals surface area contributed by atoms with Crippen molar-refractivity contribution in [2.24, 2.45) is 5.92 Å². The maximum absolute atomic E-state index is 14.1. The first kappa shape index (κ1) is 14.0. The lowest BCUT2D eigenvalue weighted by Gasteiger charge is -2.08. The summed E-state index contributed by atoms with van der Waals surface area (Å²) in [6.45, 7) is 0. The van der Waals surface area contributed by atoms with Crippen molar-refractivity contribution in [3.8, 4) is 16.9 Å². The van der Waals surface area contributed by atoms with Crippen LogP contribution in [0.1, 0.15) is 12.8 Å². The fourth-order valence-electron chi connectivity index (χ4n) is 1.98. The third kappa shape index (κ3) is 3.05. The molecule has 0 radical (unpaired) electrons. The number of carbonyl (C=O) groups is 1. The Balaban J connectivity index is 1.86. The molecule has 1 aliphatic carbocycles. The minimum absolute atomic E-state index is 0.0522. The van der Waals surface area contributed by atoms with Crippen molar-refractivity contribution in [2.45, 2.75) is 12.8 Å². The lowest BCUT2D eigenvalue weighted by Crippen LogP contribution is -2.09. The average Bonchev–Trinajstić information content (AvgIpc) is 3.27. The predicted molar refractivity (Wildman–Crippen MR) is 75.2 cm³/mol. The van der Waals surface area contributed by atoms with Crippen LogP contribution in [0, 0.1) is 17.6 Å². The van der Waals surface area contributed by atoms with Crippen LogP contribution in [0.3, 0.4) is 0 Å². The van der Waals surface area contributed by atoms with Crippen LogP contribution in [0.15, 0.2) is 36.4 Å². The highest BCUT2D eigenvalue weighted by molar-refractivity contribution is 6.31. The van der Waals surface area contributed by atoms with Crippen LogP contribution < -0.4 is 4.74 Å². The van der Waals surface area contributed by atoms with Gasteiger partial charge in [-0.3, -0.25) is 4.79 Å². The Kier molecular flexibility index (Phi) is 3.64. The molecule has 1 aliphatic rings. The summed E-state index contributed by atoms with van der Waals surface area (Å²) in [5.74, 6) is -1.33. The number of ether oxygens (including phenoxy) is 1. The van der Waals surface area contributed by atoms with E-state index in [9.17, 15) is 13.6 Å². The highest BCUT2D eigenvalue weighted by Crippen LogP contribution is 2.32. The molecule has 108 valence electrons. The van der Waals surface area contributed by atoms with E-state index in [4.69, 9.17) is 16.3 Å². The highest BCUT2D eigenvalue weighted by atomic mass is 35.5. The molecule has 21 heavy (non-hydrogen) atoms. The third-order valence-corrected chi connectivity index (χ3v) is 3.59. The zero-order chi connectivity index (χ0) is 15.0. The SMILES string of the molecule is O=C(Oc1ccc(-c2ccc(F)c(Cl)c2)c(F)c1)C1CC1. The number of esters is 1. The Labute approximate surface area is 125 Å². The second kappa shape index (κ2) is 5.45. The molecule has 0 heterocycles. The summed E-state index contributed by atoms with van der Waals surface area (Å²) < 4.78 is 32.3. The summed E-state index contributed by atoms with van der Waals surface area (Å²) in [6, 6.07) is 8.11. The summed E-state index contributed by atoms with van der Waals surface area (Å²) in [4.78, 5) is 11.5. The van der Waals surface area contributed by atoms with E-state index in [-0.39, 0.29) is 28.2 Å². The molecule has 5 heteroatoms. The molecule has 0 amide bonds. The van der Waals surface area contributed by atoms with Crippen LogP contribution in [-0.4, -0.2) is 5.97 Å². The average molecular weight is 309 g/mol. The topological polar surface area (TPSA) is 26.3 Å². The molecule has 0 aliphatic heterocycles. The van der Waals surface area contributed by atoms with Crippen LogP contribution in [-0.2, 0) is 4.79 Å². The zero-order valence-electron chi connectivity index (χ0n) is 10.9. The van der Waals surface area contributed by atoms with E-state index in [2.05, 4.69) is 0 Å². The molecule has 2 aromatic carbocycles. The number of halogens is 3. The van der Waals surface area contributed by atoms with Crippen molar-refractivity contribution >= 4 is 17.6 Å². The van der Waals surface area contributed by atoms with Gasteiger partial charge in [0.1, 0.15) is 17.4 Å². The van der Waals surface area contributed by atoms with Crippen molar-refractivity contribution in [2.75, 3.05) is 0 Å². The van der Waals surface area contributed by atoms with Crippen molar-refractivity contribution < 1.29 is 18.3 Å². The van der Waals surface area contributed by atoms with E-state index < -0.39 is 11.6 Å². The molecule has 0 N–H and O–H groups in total. The lowest BCUT2D eigenvalue weighted by molar-refractivity contribution is -0.135. The van der Waals surface area contributed by atoms with E-state index in [1.54, 1.807) is 0 Å². The highest BCUT2D eigenvalue weighted by Gasteiger charge is 2.31. The Morgan fingerprint density at radius 3 is 2.48 bits per heavy atom. The van der Waals surface area contributed by atoms with Crippen LogP contribution in [0.25, 0.3) is 11.1 Å². The number of hydrogen-bond acceptors (Lipinski definition) is 2. The Bertz CT molecular complexity index is 711. The van der Waals surface area contributed by atoms with E-state index in [0.29, 0.717) is 5.56 Å². The Hall–Kier alpha value is -1.94. The number of hydrogen-bond donors (Lipinski definition) is 0. The summed E-state index contributed by atoms with van der Waals surface area (Å²) >= 11 is 5.69. The largest absolute Gasteiger partial charge is 0.426 e. The number of carbonyl (C=O) groups excluding carboxylic acids is 1. The van der Waals surface area contributed by atoms with Gasteiger partial charge >= 0.3 is 5.97 Å². The molecule has 3 rings (SSSR count). The molecule has 0 spiro atoms. The fraction of sp³-hybridized carbons (Fsp3) is 0.188. The maximum atomic E-state index is 14.1. The Morgan fingerprint density at radius 2 is 1.86 bits per heavy atom. The van der Waals surface area contributed by atoms with Gasteiger partial charge in [0.2, 0.25) is 0 Å². The molecule has 0 aromatic heterocycles. The summed E-state index contributed by atoms with van der Waals surface area (Å²) in [7, 11) is 0. The second-order valence-corrected chi connectivity index (χ2v) is 5.37. The van der Waals surface area contributed by atoms with Crippen molar-refractivity contribution in [1.82, 2.24) is 0 Å². The smallest absolute Gasteiger partial charge is 0.314 e. The molecule has 0 unspecified atom stereocenters. The van der Waals surface area contributed by atoms with E-state index in [1.165, 1.54) is 30.3 Å². The van der Waals surface area contributed by atoms with Gasteiger partial charge in [-0.05, 0) is 42.7 Å². The normalized spacial score (nSPS) is 14.0. The standard InChI is InChI=1S/C16H11ClF2O2/c17-13-7-10(3-6-14(13)18)12-5-4-11(8-15(12)19)21-16(20)9-1-2-9/h3-9H,1-2H2. The Morgan fingerprint density at radius 1 is 1.10 bits per heavy atom. The van der Waals surface area contributed by atoms with Crippen LogP contribution >= 0.6 is 11.6 Å². The number of rotatable bonds is 3. The van der Waals surface area contributed by atoms with Crippen LogP contribution in [0.4, 0.5) is 8.78 Å². The van der Waals surface area contributed by atoms with Gasteiger partial charge in [0.25, 0.3) is 0 Å². The van der Waals surface area contributed by atoms with E-state index in [0.717, 1.165) is 18.9 Å². The minimum Gasteiger partial charge on any atom is -0.426 e. The van der Waals surface area contributed by atoms with Crippen LogP contribution in [0.2, 0.25) is 5.02 Å². The molecule has 1 fully saturated rings. The second-order valence-electron chi connectivity index (χ2n) is 4.97. The maximum Gasteiger partial charge on any atom is 0.314 e.